The standard InChI is InChI=1S/C16H23NS/c1-4-6-7-10-15(17-5-2)13-18-16-11-8-9-14(3)12-16/h1,8-9,11-12,15,17H,5-7,10,13H2,2-3H3. The number of thioether (sulfide) groups is 1. The summed E-state index contributed by atoms with van der Waals surface area (Å²) in [6, 6.07) is 9.25. The summed E-state index contributed by atoms with van der Waals surface area (Å²) in [5.41, 5.74) is 1.33. The van der Waals surface area contributed by atoms with Crippen LogP contribution in [0, 0.1) is 19.3 Å². The molecule has 0 aromatic heterocycles. The van der Waals surface area contributed by atoms with Gasteiger partial charge in [0.25, 0.3) is 0 Å². The first-order valence-electron chi connectivity index (χ1n) is 6.62. The van der Waals surface area contributed by atoms with Crippen LogP contribution in [0.15, 0.2) is 29.2 Å². The van der Waals surface area contributed by atoms with Crippen LogP contribution in [0.2, 0.25) is 0 Å². The second-order valence-electron chi connectivity index (χ2n) is 4.48. The minimum Gasteiger partial charge on any atom is -0.313 e. The van der Waals surface area contributed by atoms with E-state index in [2.05, 4.69) is 49.4 Å². The average molecular weight is 261 g/mol. The zero-order valence-corrected chi connectivity index (χ0v) is 12.2. The maximum Gasteiger partial charge on any atom is 0.0161 e. The van der Waals surface area contributed by atoms with Gasteiger partial charge in [-0.15, -0.1) is 24.1 Å². The van der Waals surface area contributed by atoms with E-state index >= 15 is 0 Å². The van der Waals surface area contributed by atoms with Crippen LogP contribution in [-0.4, -0.2) is 18.3 Å². The van der Waals surface area contributed by atoms with Gasteiger partial charge in [-0.1, -0.05) is 24.6 Å². The number of unbranched alkanes of at least 4 members (excludes halogenated alkanes) is 1. The fourth-order valence-electron chi connectivity index (χ4n) is 1.89. The molecule has 0 saturated heterocycles. The lowest BCUT2D eigenvalue weighted by atomic mass is 10.1. The molecule has 0 aliphatic rings. The van der Waals surface area contributed by atoms with Gasteiger partial charge in [-0.2, -0.15) is 0 Å². The summed E-state index contributed by atoms with van der Waals surface area (Å²) in [6.07, 6.45) is 8.46. The Kier molecular flexibility index (Phi) is 7.64. The van der Waals surface area contributed by atoms with Gasteiger partial charge in [0.15, 0.2) is 0 Å². The fraction of sp³-hybridized carbons (Fsp3) is 0.500. The largest absolute Gasteiger partial charge is 0.313 e. The summed E-state index contributed by atoms with van der Waals surface area (Å²) in [6.45, 7) is 5.32. The van der Waals surface area contributed by atoms with E-state index in [9.17, 15) is 0 Å². The molecule has 0 aliphatic carbocycles. The third kappa shape index (κ3) is 6.14. The monoisotopic (exact) mass is 261 g/mol. The van der Waals surface area contributed by atoms with Crippen molar-refractivity contribution >= 4 is 11.8 Å². The summed E-state index contributed by atoms with van der Waals surface area (Å²) in [5, 5.41) is 3.54. The maximum absolute atomic E-state index is 5.29. The highest BCUT2D eigenvalue weighted by molar-refractivity contribution is 7.99. The normalized spacial score (nSPS) is 12.1. The Balaban J connectivity index is 2.39. The zero-order valence-electron chi connectivity index (χ0n) is 11.4. The van der Waals surface area contributed by atoms with Gasteiger partial charge in [-0.05, 0) is 38.4 Å². The number of rotatable bonds is 8. The Morgan fingerprint density at radius 3 is 2.94 bits per heavy atom. The molecule has 1 N–H and O–H groups in total. The number of nitrogens with one attached hydrogen (secondary N) is 1. The highest BCUT2D eigenvalue weighted by Crippen LogP contribution is 2.21. The summed E-state index contributed by atoms with van der Waals surface area (Å²) in [5.74, 6) is 3.82. The molecule has 0 bridgehead atoms. The number of hydrogen-bond donors (Lipinski definition) is 1. The predicted molar refractivity (Wildman–Crippen MR) is 82.1 cm³/mol. The van der Waals surface area contributed by atoms with Gasteiger partial charge < -0.3 is 5.32 Å². The molecule has 18 heavy (non-hydrogen) atoms. The second-order valence-corrected chi connectivity index (χ2v) is 5.57. The van der Waals surface area contributed by atoms with Crippen molar-refractivity contribution in [3.05, 3.63) is 29.8 Å². The van der Waals surface area contributed by atoms with Crippen LogP contribution in [0.1, 0.15) is 31.7 Å². The van der Waals surface area contributed by atoms with Gasteiger partial charge in [0.05, 0.1) is 0 Å². The number of benzene rings is 1. The molecule has 1 aromatic rings. The number of terminal acetylenes is 1. The van der Waals surface area contributed by atoms with Crippen molar-refractivity contribution in [2.75, 3.05) is 12.3 Å². The van der Waals surface area contributed by atoms with Crippen molar-refractivity contribution in [1.82, 2.24) is 5.32 Å². The van der Waals surface area contributed by atoms with Crippen molar-refractivity contribution in [1.29, 1.82) is 0 Å². The van der Waals surface area contributed by atoms with Crippen molar-refractivity contribution < 1.29 is 0 Å². The van der Waals surface area contributed by atoms with E-state index in [-0.39, 0.29) is 0 Å². The molecule has 0 fully saturated rings. The van der Waals surface area contributed by atoms with Crippen molar-refractivity contribution in [3.8, 4) is 12.3 Å². The molecule has 0 saturated carbocycles. The van der Waals surface area contributed by atoms with E-state index < -0.39 is 0 Å². The van der Waals surface area contributed by atoms with Gasteiger partial charge in [-0.25, -0.2) is 0 Å². The summed E-state index contributed by atoms with van der Waals surface area (Å²) >= 11 is 1.93. The molecule has 1 aromatic carbocycles. The maximum atomic E-state index is 5.29. The van der Waals surface area contributed by atoms with Crippen LogP contribution in [0.5, 0.6) is 0 Å². The second kappa shape index (κ2) is 9.08. The van der Waals surface area contributed by atoms with E-state index in [1.54, 1.807) is 0 Å². The molecule has 1 unspecified atom stereocenters. The third-order valence-corrected chi connectivity index (χ3v) is 3.96. The van der Waals surface area contributed by atoms with Crippen LogP contribution in [0.4, 0.5) is 0 Å². The van der Waals surface area contributed by atoms with E-state index in [1.165, 1.54) is 10.5 Å². The first kappa shape index (κ1) is 15.1. The number of hydrogen-bond acceptors (Lipinski definition) is 2. The average Bonchev–Trinajstić information content (AvgIpc) is 2.36. The van der Waals surface area contributed by atoms with Gasteiger partial charge in [0.2, 0.25) is 0 Å². The molecule has 1 rings (SSSR count). The van der Waals surface area contributed by atoms with Crippen molar-refractivity contribution in [2.45, 2.75) is 44.0 Å². The first-order chi connectivity index (χ1) is 8.76. The molecule has 98 valence electrons. The van der Waals surface area contributed by atoms with Crippen LogP contribution in [0.25, 0.3) is 0 Å². The molecule has 0 aliphatic heterocycles. The van der Waals surface area contributed by atoms with E-state index in [0.29, 0.717) is 6.04 Å². The summed E-state index contributed by atoms with van der Waals surface area (Å²) in [7, 11) is 0. The topological polar surface area (TPSA) is 12.0 Å². The highest BCUT2D eigenvalue weighted by Gasteiger charge is 2.07. The molecule has 0 spiro atoms. The Bertz CT molecular complexity index is 381. The lowest BCUT2D eigenvalue weighted by Crippen LogP contribution is -2.31. The summed E-state index contributed by atoms with van der Waals surface area (Å²) in [4.78, 5) is 1.36. The van der Waals surface area contributed by atoms with Gasteiger partial charge in [-0.3, -0.25) is 0 Å². The van der Waals surface area contributed by atoms with E-state index in [1.807, 2.05) is 11.8 Å². The minimum absolute atomic E-state index is 0.564. The number of aryl methyl sites for hydroxylation is 1. The van der Waals surface area contributed by atoms with Gasteiger partial charge in [0, 0.05) is 23.1 Å². The highest BCUT2D eigenvalue weighted by atomic mass is 32.2. The van der Waals surface area contributed by atoms with Gasteiger partial charge in [0.1, 0.15) is 0 Å². The molecule has 2 heteroatoms. The molecular formula is C16H23NS. The smallest absolute Gasteiger partial charge is 0.0161 e. The third-order valence-electron chi connectivity index (χ3n) is 2.81. The fourth-order valence-corrected chi connectivity index (χ4v) is 3.01. The van der Waals surface area contributed by atoms with Crippen LogP contribution in [-0.2, 0) is 0 Å². The molecule has 1 atom stereocenters. The van der Waals surface area contributed by atoms with Gasteiger partial charge >= 0.3 is 0 Å². The van der Waals surface area contributed by atoms with Crippen LogP contribution < -0.4 is 5.32 Å². The van der Waals surface area contributed by atoms with Crippen LogP contribution in [0.3, 0.4) is 0 Å². The molecule has 1 nitrogen and oxygen atoms in total. The molecule has 0 radical (unpaired) electrons. The lowest BCUT2D eigenvalue weighted by Gasteiger charge is -2.17. The lowest BCUT2D eigenvalue weighted by molar-refractivity contribution is 0.523. The first-order valence-corrected chi connectivity index (χ1v) is 7.61. The summed E-state index contributed by atoms with van der Waals surface area (Å²) < 4.78 is 0. The predicted octanol–water partition coefficient (Wildman–Crippen LogP) is 3.87. The van der Waals surface area contributed by atoms with E-state index in [0.717, 1.165) is 31.6 Å². The van der Waals surface area contributed by atoms with Crippen molar-refractivity contribution in [3.63, 3.8) is 0 Å². The zero-order chi connectivity index (χ0) is 13.2. The molecule has 0 amide bonds. The van der Waals surface area contributed by atoms with Crippen molar-refractivity contribution in [2.24, 2.45) is 0 Å². The molecule has 0 heterocycles. The SMILES string of the molecule is C#CCCCC(CSc1cccc(C)c1)NCC. The minimum atomic E-state index is 0.564. The Morgan fingerprint density at radius 2 is 2.28 bits per heavy atom. The molecular weight excluding hydrogens is 238 g/mol. The van der Waals surface area contributed by atoms with E-state index in [4.69, 9.17) is 6.42 Å². The Labute approximate surface area is 116 Å². The van der Waals surface area contributed by atoms with Crippen LogP contribution >= 0.6 is 11.8 Å². The Morgan fingerprint density at radius 1 is 1.44 bits per heavy atom. The Hall–Kier alpha value is -0.910. The quantitative estimate of drug-likeness (QED) is 0.433.